The van der Waals surface area contributed by atoms with Crippen LogP contribution in [0.3, 0.4) is 0 Å². The lowest BCUT2D eigenvalue weighted by molar-refractivity contribution is 0.315. The molecule has 1 fully saturated rings. The zero-order chi connectivity index (χ0) is 11.4. The van der Waals surface area contributed by atoms with Crippen LogP contribution in [0.25, 0.3) is 0 Å². The standard InChI is InChI=1S/C14H20BrN/c1-12-4-2-3-5-14(12)11-16-9-7-13(10-16)6-8-15/h2-5,13H,6-11H2,1H3. The highest BCUT2D eigenvalue weighted by Gasteiger charge is 2.21. The van der Waals surface area contributed by atoms with Crippen molar-refractivity contribution in [3.8, 4) is 0 Å². The third-order valence-corrected chi connectivity index (χ3v) is 4.00. The van der Waals surface area contributed by atoms with E-state index in [9.17, 15) is 0 Å². The Morgan fingerprint density at radius 2 is 2.19 bits per heavy atom. The summed E-state index contributed by atoms with van der Waals surface area (Å²) in [6.45, 7) is 5.89. The maximum absolute atomic E-state index is 3.54. The van der Waals surface area contributed by atoms with Crippen LogP contribution in [-0.2, 0) is 6.54 Å². The van der Waals surface area contributed by atoms with Crippen molar-refractivity contribution in [2.75, 3.05) is 18.4 Å². The number of hydrogen-bond acceptors (Lipinski definition) is 1. The van der Waals surface area contributed by atoms with Gasteiger partial charge in [-0.05, 0) is 43.4 Å². The molecule has 0 aliphatic carbocycles. The van der Waals surface area contributed by atoms with Crippen LogP contribution < -0.4 is 0 Å². The first kappa shape index (κ1) is 12.1. The van der Waals surface area contributed by atoms with Crippen molar-refractivity contribution < 1.29 is 0 Å². The van der Waals surface area contributed by atoms with Gasteiger partial charge >= 0.3 is 0 Å². The quantitative estimate of drug-likeness (QED) is 0.763. The minimum atomic E-state index is 0.906. The lowest BCUT2D eigenvalue weighted by atomic mass is 10.1. The van der Waals surface area contributed by atoms with Crippen molar-refractivity contribution in [2.24, 2.45) is 5.92 Å². The Morgan fingerprint density at radius 1 is 1.38 bits per heavy atom. The second kappa shape index (κ2) is 5.83. The van der Waals surface area contributed by atoms with Gasteiger partial charge in [-0.1, -0.05) is 40.2 Å². The molecule has 0 spiro atoms. The topological polar surface area (TPSA) is 3.24 Å². The van der Waals surface area contributed by atoms with Gasteiger partial charge in [-0.25, -0.2) is 0 Å². The first-order valence-electron chi connectivity index (χ1n) is 6.12. The number of hydrogen-bond donors (Lipinski definition) is 0. The minimum absolute atomic E-state index is 0.906. The molecular formula is C14H20BrN. The molecule has 0 N–H and O–H groups in total. The molecule has 1 heterocycles. The predicted molar refractivity (Wildman–Crippen MR) is 73.0 cm³/mol. The Morgan fingerprint density at radius 3 is 2.94 bits per heavy atom. The third-order valence-electron chi connectivity index (χ3n) is 3.54. The summed E-state index contributed by atoms with van der Waals surface area (Å²) in [5.74, 6) is 0.906. The van der Waals surface area contributed by atoms with Crippen LogP contribution in [0.15, 0.2) is 24.3 Å². The number of halogens is 1. The van der Waals surface area contributed by atoms with E-state index in [1.54, 1.807) is 0 Å². The molecule has 0 bridgehead atoms. The van der Waals surface area contributed by atoms with Crippen LogP contribution in [0.4, 0.5) is 0 Å². The molecule has 88 valence electrons. The zero-order valence-electron chi connectivity index (χ0n) is 9.95. The average molecular weight is 282 g/mol. The van der Waals surface area contributed by atoms with E-state index < -0.39 is 0 Å². The Hall–Kier alpha value is -0.340. The maximum Gasteiger partial charge on any atom is 0.0236 e. The lowest BCUT2D eigenvalue weighted by Gasteiger charge is -2.17. The van der Waals surface area contributed by atoms with Crippen molar-refractivity contribution in [1.82, 2.24) is 4.90 Å². The van der Waals surface area contributed by atoms with Crippen molar-refractivity contribution >= 4 is 15.9 Å². The van der Waals surface area contributed by atoms with Crippen LogP contribution in [-0.4, -0.2) is 23.3 Å². The molecule has 0 radical (unpaired) electrons. The fourth-order valence-electron chi connectivity index (χ4n) is 2.47. The van der Waals surface area contributed by atoms with E-state index >= 15 is 0 Å². The third kappa shape index (κ3) is 3.08. The molecule has 2 heteroatoms. The van der Waals surface area contributed by atoms with Gasteiger partial charge in [-0.15, -0.1) is 0 Å². The van der Waals surface area contributed by atoms with E-state index in [2.05, 4.69) is 52.0 Å². The van der Waals surface area contributed by atoms with Crippen LogP contribution in [0.1, 0.15) is 24.0 Å². The van der Waals surface area contributed by atoms with Crippen LogP contribution in [0.5, 0.6) is 0 Å². The fraction of sp³-hybridized carbons (Fsp3) is 0.571. The summed E-state index contributed by atoms with van der Waals surface area (Å²) < 4.78 is 0. The fourth-order valence-corrected chi connectivity index (χ4v) is 3.12. The summed E-state index contributed by atoms with van der Waals surface area (Å²) in [4.78, 5) is 2.59. The summed E-state index contributed by atoms with van der Waals surface area (Å²) in [6.07, 6.45) is 2.70. The number of alkyl halides is 1. The first-order valence-corrected chi connectivity index (χ1v) is 7.24. The SMILES string of the molecule is Cc1ccccc1CN1CCC(CCBr)C1. The molecule has 1 aliphatic heterocycles. The molecule has 1 atom stereocenters. The van der Waals surface area contributed by atoms with Gasteiger partial charge in [0.1, 0.15) is 0 Å². The summed E-state index contributed by atoms with van der Waals surface area (Å²) in [5.41, 5.74) is 2.91. The molecule has 1 aromatic carbocycles. The number of nitrogens with zero attached hydrogens (tertiary/aromatic N) is 1. The van der Waals surface area contributed by atoms with Crippen molar-refractivity contribution in [2.45, 2.75) is 26.3 Å². The van der Waals surface area contributed by atoms with E-state index in [0.29, 0.717) is 0 Å². The van der Waals surface area contributed by atoms with E-state index in [1.807, 2.05) is 0 Å². The normalized spacial score (nSPS) is 21.5. The van der Waals surface area contributed by atoms with Crippen molar-refractivity contribution in [3.05, 3.63) is 35.4 Å². The van der Waals surface area contributed by atoms with Crippen LogP contribution in [0.2, 0.25) is 0 Å². The first-order chi connectivity index (χ1) is 7.79. The largest absolute Gasteiger partial charge is 0.299 e. The van der Waals surface area contributed by atoms with Gasteiger partial charge in [-0.2, -0.15) is 0 Å². The second-order valence-corrected chi connectivity index (χ2v) is 5.59. The van der Waals surface area contributed by atoms with E-state index in [-0.39, 0.29) is 0 Å². The van der Waals surface area contributed by atoms with Gasteiger partial charge in [0, 0.05) is 18.4 Å². The van der Waals surface area contributed by atoms with Gasteiger partial charge in [-0.3, -0.25) is 4.90 Å². The van der Waals surface area contributed by atoms with Gasteiger partial charge in [0.15, 0.2) is 0 Å². The number of benzene rings is 1. The van der Waals surface area contributed by atoms with Gasteiger partial charge in [0.25, 0.3) is 0 Å². The van der Waals surface area contributed by atoms with Crippen LogP contribution >= 0.6 is 15.9 Å². The van der Waals surface area contributed by atoms with Gasteiger partial charge < -0.3 is 0 Å². The molecular weight excluding hydrogens is 262 g/mol. The second-order valence-electron chi connectivity index (χ2n) is 4.79. The van der Waals surface area contributed by atoms with Gasteiger partial charge in [0.05, 0.1) is 0 Å². The highest BCUT2D eigenvalue weighted by molar-refractivity contribution is 9.09. The summed E-state index contributed by atoms with van der Waals surface area (Å²) >= 11 is 3.54. The number of rotatable bonds is 4. The Labute approximate surface area is 107 Å². The molecule has 0 aromatic heterocycles. The zero-order valence-corrected chi connectivity index (χ0v) is 11.5. The summed E-state index contributed by atoms with van der Waals surface area (Å²) in [7, 11) is 0. The minimum Gasteiger partial charge on any atom is -0.299 e. The molecule has 1 saturated heterocycles. The molecule has 1 aromatic rings. The van der Waals surface area contributed by atoms with Gasteiger partial charge in [0.2, 0.25) is 0 Å². The summed E-state index contributed by atoms with van der Waals surface area (Å²) in [5, 5.41) is 1.15. The molecule has 1 unspecified atom stereocenters. The molecule has 1 aliphatic rings. The Kier molecular flexibility index (Phi) is 4.42. The average Bonchev–Trinajstić information content (AvgIpc) is 2.70. The van der Waals surface area contributed by atoms with E-state index in [0.717, 1.165) is 17.8 Å². The maximum atomic E-state index is 3.54. The molecule has 1 nitrogen and oxygen atoms in total. The van der Waals surface area contributed by atoms with Crippen molar-refractivity contribution in [3.63, 3.8) is 0 Å². The lowest BCUT2D eigenvalue weighted by Crippen LogP contribution is -2.20. The van der Waals surface area contributed by atoms with E-state index in [4.69, 9.17) is 0 Å². The van der Waals surface area contributed by atoms with Crippen molar-refractivity contribution in [1.29, 1.82) is 0 Å². The summed E-state index contributed by atoms with van der Waals surface area (Å²) in [6, 6.07) is 8.74. The molecule has 16 heavy (non-hydrogen) atoms. The number of aryl methyl sites for hydroxylation is 1. The smallest absolute Gasteiger partial charge is 0.0236 e. The predicted octanol–water partition coefficient (Wildman–Crippen LogP) is 3.60. The molecule has 2 rings (SSSR count). The molecule has 0 amide bonds. The Balaban J connectivity index is 1.90. The van der Waals surface area contributed by atoms with Crippen LogP contribution in [0, 0.1) is 12.8 Å². The highest BCUT2D eigenvalue weighted by atomic mass is 79.9. The number of likely N-dealkylation sites (tertiary alicyclic amines) is 1. The Bertz CT molecular complexity index is 337. The molecule has 0 saturated carbocycles. The monoisotopic (exact) mass is 281 g/mol. The van der Waals surface area contributed by atoms with E-state index in [1.165, 1.54) is 37.1 Å². The highest BCUT2D eigenvalue weighted by Crippen LogP contribution is 2.22.